The first-order chi connectivity index (χ1) is 9.84. The Bertz CT molecular complexity index is 463. The maximum atomic E-state index is 12.0. The third-order valence-electron chi connectivity index (χ3n) is 3.32. The van der Waals surface area contributed by atoms with Gasteiger partial charge < -0.3 is 10.1 Å². The zero-order valence-corrected chi connectivity index (χ0v) is 13.3. The number of carbonyl (C=O) groups is 2. The minimum Gasteiger partial charge on any atom is -0.467 e. The lowest BCUT2D eigenvalue weighted by Crippen LogP contribution is -2.49. The molecule has 0 aliphatic heterocycles. The molecule has 0 aromatic heterocycles. The van der Waals surface area contributed by atoms with Gasteiger partial charge in [0.15, 0.2) is 0 Å². The van der Waals surface area contributed by atoms with Crippen molar-refractivity contribution >= 4 is 11.9 Å². The van der Waals surface area contributed by atoms with E-state index in [1.54, 1.807) is 0 Å². The first-order valence-corrected chi connectivity index (χ1v) is 7.25. The van der Waals surface area contributed by atoms with E-state index >= 15 is 0 Å². The molecule has 0 radical (unpaired) electrons. The fraction of sp³-hybridized carbons (Fsp3) is 0.529. The first-order valence-electron chi connectivity index (χ1n) is 7.25. The lowest BCUT2D eigenvalue weighted by Gasteiger charge is -2.29. The molecule has 0 fully saturated rings. The molecule has 21 heavy (non-hydrogen) atoms. The topological polar surface area (TPSA) is 55.4 Å². The molecule has 0 heterocycles. The molecule has 1 unspecified atom stereocenters. The summed E-state index contributed by atoms with van der Waals surface area (Å²) in [7, 11) is 1.34. The second kappa shape index (κ2) is 7.81. The van der Waals surface area contributed by atoms with Crippen LogP contribution in [0.2, 0.25) is 0 Å². The first kappa shape index (κ1) is 17.2. The van der Waals surface area contributed by atoms with Gasteiger partial charge in [0.1, 0.15) is 6.04 Å². The Morgan fingerprint density at radius 1 is 1.19 bits per heavy atom. The highest BCUT2D eigenvalue weighted by atomic mass is 16.5. The van der Waals surface area contributed by atoms with Gasteiger partial charge in [-0.25, -0.2) is 4.79 Å². The smallest absolute Gasteiger partial charge is 0.328 e. The normalized spacial score (nSPS) is 12.6. The number of nitrogens with one attached hydrogen (secondary N) is 1. The Hall–Kier alpha value is -1.84. The number of ether oxygens (including phenoxy) is 1. The van der Waals surface area contributed by atoms with Crippen LogP contribution in [0.1, 0.15) is 39.2 Å². The maximum absolute atomic E-state index is 12.0. The molecule has 1 rings (SSSR count). The van der Waals surface area contributed by atoms with Crippen LogP contribution in [0.4, 0.5) is 0 Å². The van der Waals surface area contributed by atoms with Gasteiger partial charge in [-0.3, -0.25) is 4.79 Å². The fourth-order valence-corrected chi connectivity index (χ4v) is 2.08. The average molecular weight is 291 g/mol. The Balaban J connectivity index is 2.46. The number of aryl methyl sites for hydroxylation is 1. The Kier molecular flexibility index (Phi) is 6.40. The molecule has 0 bridgehead atoms. The summed E-state index contributed by atoms with van der Waals surface area (Å²) in [5, 5.41) is 2.78. The van der Waals surface area contributed by atoms with E-state index in [2.05, 4.69) is 5.32 Å². The number of rotatable bonds is 6. The Morgan fingerprint density at radius 2 is 1.81 bits per heavy atom. The molecule has 0 saturated carbocycles. The summed E-state index contributed by atoms with van der Waals surface area (Å²) in [6.07, 6.45) is 2.01. The quantitative estimate of drug-likeness (QED) is 0.820. The predicted octanol–water partition coefficient (Wildman–Crippen LogP) is 2.71. The molecule has 0 spiro atoms. The molecule has 1 amide bonds. The number of carbonyl (C=O) groups excluding carboxylic acids is 2. The summed E-state index contributed by atoms with van der Waals surface area (Å²) in [6, 6.07) is 9.42. The molecule has 0 aliphatic rings. The van der Waals surface area contributed by atoms with E-state index in [1.807, 2.05) is 51.1 Å². The van der Waals surface area contributed by atoms with E-state index in [-0.39, 0.29) is 11.3 Å². The van der Waals surface area contributed by atoms with Crippen LogP contribution in [0.3, 0.4) is 0 Å². The molecular formula is C17H25NO3. The van der Waals surface area contributed by atoms with Crippen LogP contribution < -0.4 is 5.32 Å². The monoisotopic (exact) mass is 291 g/mol. The molecule has 4 nitrogen and oxygen atoms in total. The van der Waals surface area contributed by atoms with E-state index in [0.717, 1.165) is 12.8 Å². The van der Waals surface area contributed by atoms with Gasteiger partial charge in [-0.2, -0.15) is 0 Å². The van der Waals surface area contributed by atoms with Gasteiger partial charge in [-0.1, -0.05) is 51.1 Å². The number of methoxy groups -OCH3 is 1. The van der Waals surface area contributed by atoms with Crippen LogP contribution in [-0.2, 0) is 20.7 Å². The van der Waals surface area contributed by atoms with Crippen LogP contribution in [-0.4, -0.2) is 25.0 Å². The lowest BCUT2D eigenvalue weighted by molar-refractivity contribution is -0.148. The SMILES string of the molecule is COC(=O)C(NC(=O)CCCc1ccccc1)C(C)(C)C. The summed E-state index contributed by atoms with van der Waals surface area (Å²) in [5.74, 6) is -0.518. The van der Waals surface area contributed by atoms with Gasteiger partial charge in [0.25, 0.3) is 0 Å². The molecular weight excluding hydrogens is 266 g/mol. The summed E-state index contributed by atoms with van der Waals surface area (Å²) in [4.78, 5) is 23.7. The molecule has 1 N–H and O–H groups in total. The molecule has 1 atom stereocenters. The second-order valence-corrected chi connectivity index (χ2v) is 6.23. The average Bonchev–Trinajstić information content (AvgIpc) is 2.44. The second-order valence-electron chi connectivity index (χ2n) is 6.23. The summed E-state index contributed by atoms with van der Waals surface area (Å²) in [6.45, 7) is 5.70. The van der Waals surface area contributed by atoms with Crippen LogP contribution >= 0.6 is 0 Å². The van der Waals surface area contributed by atoms with E-state index < -0.39 is 12.0 Å². The van der Waals surface area contributed by atoms with Crippen LogP contribution in [0.5, 0.6) is 0 Å². The third kappa shape index (κ3) is 5.98. The standard InChI is InChI=1S/C17H25NO3/c1-17(2,3)15(16(20)21-4)18-14(19)12-8-11-13-9-6-5-7-10-13/h5-7,9-10,15H,8,11-12H2,1-4H3,(H,18,19). The zero-order chi connectivity index (χ0) is 15.9. The van der Waals surface area contributed by atoms with Crippen molar-refractivity contribution in [3.63, 3.8) is 0 Å². The van der Waals surface area contributed by atoms with Gasteiger partial charge in [-0.05, 0) is 23.8 Å². The van der Waals surface area contributed by atoms with Crippen LogP contribution in [0, 0.1) is 5.41 Å². The highest BCUT2D eigenvalue weighted by Gasteiger charge is 2.33. The number of amides is 1. The van der Waals surface area contributed by atoms with E-state index in [1.165, 1.54) is 12.7 Å². The zero-order valence-electron chi connectivity index (χ0n) is 13.3. The number of esters is 1. The predicted molar refractivity (Wildman–Crippen MR) is 82.8 cm³/mol. The largest absolute Gasteiger partial charge is 0.467 e. The summed E-state index contributed by atoms with van der Waals surface area (Å²) >= 11 is 0. The molecule has 4 heteroatoms. The van der Waals surface area contributed by atoms with Gasteiger partial charge in [0, 0.05) is 6.42 Å². The highest BCUT2D eigenvalue weighted by Crippen LogP contribution is 2.20. The van der Waals surface area contributed by atoms with Crippen molar-refractivity contribution in [3.8, 4) is 0 Å². The Morgan fingerprint density at radius 3 is 2.33 bits per heavy atom. The van der Waals surface area contributed by atoms with Gasteiger partial charge in [-0.15, -0.1) is 0 Å². The molecule has 116 valence electrons. The van der Waals surface area contributed by atoms with Gasteiger partial charge in [0.05, 0.1) is 7.11 Å². The maximum Gasteiger partial charge on any atom is 0.328 e. The molecule has 0 saturated heterocycles. The van der Waals surface area contributed by atoms with Gasteiger partial charge in [0.2, 0.25) is 5.91 Å². The molecule has 1 aromatic rings. The number of benzene rings is 1. The summed E-state index contributed by atoms with van der Waals surface area (Å²) in [5.41, 5.74) is 0.841. The van der Waals surface area contributed by atoms with Crippen molar-refractivity contribution in [2.24, 2.45) is 5.41 Å². The van der Waals surface area contributed by atoms with Crippen LogP contribution in [0.15, 0.2) is 30.3 Å². The Labute approximate surface area is 126 Å². The molecule has 0 aliphatic carbocycles. The van der Waals surface area contributed by atoms with Crippen molar-refractivity contribution in [3.05, 3.63) is 35.9 Å². The van der Waals surface area contributed by atoms with Crippen LogP contribution in [0.25, 0.3) is 0 Å². The van der Waals surface area contributed by atoms with Crippen molar-refractivity contribution in [1.29, 1.82) is 0 Å². The van der Waals surface area contributed by atoms with Gasteiger partial charge >= 0.3 is 5.97 Å². The van der Waals surface area contributed by atoms with Crippen molar-refractivity contribution in [1.82, 2.24) is 5.32 Å². The number of hydrogen-bond donors (Lipinski definition) is 1. The minimum atomic E-state index is -0.619. The van der Waals surface area contributed by atoms with E-state index in [4.69, 9.17) is 4.74 Å². The van der Waals surface area contributed by atoms with Crippen molar-refractivity contribution in [2.75, 3.05) is 7.11 Å². The van der Waals surface area contributed by atoms with E-state index in [9.17, 15) is 9.59 Å². The minimum absolute atomic E-state index is 0.115. The van der Waals surface area contributed by atoms with Crippen molar-refractivity contribution in [2.45, 2.75) is 46.1 Å². The number of hydrogen-bond acceptors (Lipinski definition) is 3. The summed E-state index contributed by atoms with van der Waals surface area (Å²) < 4.78 is 4.76. The molecule has 1 aromatic carbocycles. The third-order valence-corrected chi connectivity index (χ3v) is 3.32. The fourth-order valence-electron chi connectivity index (χ4n) is 2.08. The lowest BCUT2D eigenvalue weighted by atomic mass is 9.86. The highest BCUT2D eigenvalue weighted by molar-refractivity contribution is 5.85. The van der Waals surface area contributed by atoms with Crippen molar-refractivity contribution < 1.29 is 14.3 Å². The van der Waals surface area contributed by atoms with E-state index in [0.29, 0.717) is 6.42 Å².